The van der Waals surface area contributed by atoms with Gasteiger partial charge in [0.05, 0.1) is 6.42 Å². The number of hydrogen-bond donors (Lipinski definition) is 1. The van der Waals surface area contributed by atoms with Crippen LogP contribution in [0.3, 0.4) is 0 Å². The highest BCUT2D eigenvalue weighted by molar-refractivity contribution is 6.35. The molecule has 0 saturated heterocycles. The third-order valence-corrected chi connectivity index (χ3v) is 6.24. The summed E-state index contributed by atoms with van der Waals surface area (Å²) in [5, 5.41) is 3.97. The molecule has 0 bridgehead atoms. The number of benzene rings is 3. The highest BCUT2D eigenvalue weighted by atomic mass is 35.5. The van der Waals surface area contributed by atoms with Gasteiger partial charge in [0.15, 0.2) is 0 Å². The van der Waals surface area contributed by atoms with E-state index >= 15 is 0 Å². The van der Waals surface area contributed by atoms with Crippen molar-refractivity contribution in [3.8, 4) is 0 Å². The summed E-state index contributed by atoms with van der Waals surface area (Å²) in [6, 6.07) is 22.1. The molecule has 0 spiro atoms. The fraction of sp³-hybridized carbons (Fsp3) is 0.286. The zero-order valence-corrected chi connectivity index (χ0v) is 21.1. The minimum Gasteiger partial charge on any atom is -0.354 e. The lowest BCUT2D eigenvalue weighted by Crippen LogP contribution is -2.51. The van der Waals surface area contributed by atoms with E-state index in [0.29, 0.717) is 23.0 Å². The van der Waals surface area contributed by atoms with Crippen LogP contribution in [-0.4, -0.2) is 29.3 Å². The lowest BCUT2D eigenvalue weighted by atomic mass is 10.0. The van der Waals surface area contributed by atoms with Crippen molar-refractivity contribution in [3.05, 3.63) is 105 Å². The second-order valence-corrected chi connectivity index (χ2v) is 9.26. The predicted molar refractivity (Wildman–Crippen MR) is 139 cm³/mol. The van der Waals surface area contributed by atoms with Crippen LogP contribution in [0.1, 0.15) is 35.6 Å². The summed E-state index contributed by atoms with van der Waals surface area (Å²) in [4.78, 5) is 28.6. The van der Waals surface area contributed by atoms with E-state index < -0.39 is 6.04 Å². The summed E-state index contributed by atoms with van der Waals surface area (Å²) < 4.78 is 0. The molecule has 34 heavy (non-hydrogen) atoms. The average Bonchev–Trinajstić information content (AvgIpc) is 2.83. The van der Waals surface area contributed by atoms with Gasteiger partial charge < -0.3 is 10.2 Å². The highest BCUT2D eigenvalue weighted by Crippen LogP contribution is 2.24. The van der Waals surface area contributed by atoms with Crippen molar-refractivity contribution >= 4 is 35.0 Å². The first kappa shape index (κ1) is 25.8. The molecule has 0 radical (unpaired) electrons. The van der Waals surface area contributed by atoms with Crippen molar-refractivity contribution in [2.75, 3.05) is 6.54 Å². The first-order valence-electron chi connectivity index (χ1n) is 11.5. The van der Waals surface area contributed by atoms with Gasteiger partial charge in [-0.2, -0.15) is 0 Å². The molecule has 0 heterocycles. The Hall–Kier alpha value is -2.82. The summed E-state index contributed by atoms with van der Waals surface area (Å²) in [7, 11) is 0. The normalized spacial score (nSPS) is 11.6. The van der Waals surface area contributed by atoms with Crippen LogP contribution in [0.5, 0.6) is 0 Å². The number of rotatable bonds is 10. The fourth-order valence-corrected chi connectivity index (χ4v) is 4.20. The number of nitrogens with zero attached hydrogens (tertiary/aromatic N) is 1. The Morgan fingerprint density at radius 1 is 0.941 bits per heavy atom. The Bertz CT molecular complexity index is 1100. The second-order valence-electron chi connectivity index (χ2n) is 8.42. The quantitative estimate of drug-likeness (QED) is 0.373. The van der Waals surface area contributed by atoms with Crippen LogP contribution in [0.2, 0.25) is 10.0 Å². The van der Waals surface area contributed by atoms with Gasteiger partial charge in [0.2, 0.25) is 11.8 Å². The van der Waals surface area contributed by atoms with Crippen LogP contribution >= 0.6 is 23.2 Å². The van der Waals surface area contributed by atoms with E-state index in [9.17, 15) is 9.59 Å². The van der Waals surface area contributed by atoms with E-state index in [1.54, 1.807) is 23.1 Å². The topological polar surface area (TPSA) is 49.4 Å². The summed E-state index contributed by atoms with van der Waals surface area (Å²) in [5.74, 6) is -0.310. The maximum atomic E-state index is 13.7. The molecule has 4 nitrogen and oxygen atoms in total. The van der Waals surface area contributed by atoms with Crippen molar-refractivity contribution in [1.82, 2.24) is 10.2 Å². The van der Waals surface area contributed by atoms with Crippen LogP contribution in [0.4, 0.5) is 0 Å². The first-order valence-corrected chi connectivity index (χ1v) is 12.2. The van der Waals surface area contributed by atoms with E-state index in [0.717, 1.165) is 28.7 Å². The van der Waals surface area contributed by atoms with Crippen molar-refractivity contribution in [3.63, 3.8) is 0 Å². The van der Waals surface area contributed by atoms with Crippen LogP contribution < -0.4 is 5.32 Å². The monoisotopic (exact) mass is 496 g/mol. The van der Waals surface area contributed by atoms with Gasteiger partial charge in [-0.3, -0.25) is 9.59 Å². The molecule has 0 aromatic heterocycles. The molecule has 3 rings (SSSR count). The number of carbonyl (C=O) groups excluding carboxylic acids is 2. The second kappa shape index (κ2) is 12.6. The molecule has 1 N–H and O–H groups in total. The Morgan fingerprint density at radius 2 is 1.65 bits per heavy atom. The van der Waals surface area contributed by atoms with Gasteiger partial charge in [-0.05, 0) is 42.2 Å². The van der Waals surface area contributed by atoms with Gasteiger partial charge >= 0.3 is 0 Å². The smallest absolute Gasteiger partial charge is 0.243 e. The largest absolute Gasteiger partial charge is 0.354 e. The summed E-state index contributed by atoms with van der Waals surface area (Å²) in [6.45, 7) is 4.76. The zero-order chi connectivity index (χ0) is 24.5. The molecular formula is C28H30Cl2N2O2. The van der Waals surface area contributed by atoms with Gasteiger partial charge in [-0.25, -0.2) is 0 Å². The van der Waals surface area contributed by atoms with E-state index in [4.69, 9.17) is 23.2 Å². The van der Waals surface area contributed by atoms with E-state index in [2.05, 4.69) is 5.32 Å². The van der Waals surface area contributed by atoms with Gasteiger partial charge in [-0.15, -0.1) is 0 Å². The van der Waals surface area contributed by atoms with Crippen LogP contribution in [0.25, 0.3) is 0 Å². The first-order chi connectivity index (χ1) is 16.4. The van der Waals surface area contributed by atoms with Crippen molar-refractivity contribution in [2.45, 2.75) is 45.7 Å². The number of hydrogen-bond acceptors (Lipinski definition) is 2. The summed E-state index contributed by atoms with van der Waals surface area (Å²) in [5.41, 5.74) is 3.75. The Labute approximate surface area is 211 Å². The molecular weight excluding hydrogens is 467 g/mol. The maximum absolute atomic E-state index is 13.7. The highest BCUT2D eigenvalue weighted by Gasteiger charge is 2.30. The minimum absolute atomic E-state index is 0.137. The lowest BCUT2D eigenvalue weighted by molar-refractivity contribution is -0.140. The molecule has 3 aromatic rings. The van der Waals surface area contributed by atoms with Gasteiger partial charge in [0, 0.05) is 29.6 Å². The van der Waals surface area contributed by atoms with Crippen LogP contribution in [0, 0.1) is 6.92 Å². The Balaban J connectivity index is 1.97. The molecule has 1 atom stereocenters. The van der Waals surface area contributed by atoms with E-state index in [1.807, 2.05) is 68.4 Å². The predicted octanol–water partition coefficient (Wildman–Crippen LogP) is 6.01. The zero-order valence-electron chi connectivity index (χ0n) is 19.6. The molecule has 6 heteroatoms. The average molecular weight is 497 g/mol. The molecule has 2 amide bonds. The molecule has 0 aliphatic heterocycles. The lowest BCUT2D eigenvalue weighted by Gasteiger charge is -2.32. The molecule has 0 fully saturated rings. The third kappa shape index (κ3) is 7.34. The number of aryl methyl sites for hydroxylation is 1. The summed E-state index contributed by atoms with van der Waals surface area (Å²) >= 11 is 12.5. The third-order valence-electron chi connectivity index (χ3n) is 5.65. The number of carbonyl (C=O) groups is 2. The molecule has 178 valence electrons. The van der Waals surface area contributed by atoms with Crippen LogP contribution in [-0.2, 0) is 29.0 Å². The fourth-order valence-electron chi connectivity index (χ4n) is 3.74. The van der Waals surface area contributed by atoms with Crippen LogP contribution in [0.15, 0.2) is 72.8 Å². The molecule has 0 aliphatic rings. The summed E-state index contributed by atoms with van der Waals surface area (Å²) in [6.07, 6.45) is 1.41. The van der Waals surface area contributed by atoms with E-state index in [-0.39, 0.29) is 24.8 Å². The van der Waals surface area contributed by atoms with Gasteiger partial charge in [0.25, 0.3) is 0 Å². The minimum atomic E-state index is -0.682. The Kier molecular flexibility index (Phi) is 9.55. The standard InChI is InChI=1S/C28H30Cl2N2O2/c1-3-15-31-28(34)26(16-21-7-5-4-6-8-21)32(19-23-13-14-24(29)18-25(23)30)27(33)17-22-11-9-20(2)10-12-22/h4-14,18,26H,3,15-17,19H2,1-2H3,(H,31,34)/t26-/m1/s1. The maximum Gasteiger partial charge on any atom is 0.243 e. The van der Waals surface area contributed by atoms with Crippen molar-refractivity contribution in [2.24, 2.45) is 0 Å². The van der Waals surface area contributed by atoms with Crippen molar-refractivity contribution in [1.29, 1.82) is 0 Å². The number of amides is 2. The molecule has 0 saturated carbocycles. The number of halogens is 2. The number of nitrogens with one attached hydrogen (secondary N) is 1. The Morgan fingerprint density at radius 3 is 2.29 bits per heavy atom. The molecule has 0 aliphatic carbocycles. The van der Waals surface area contributed by atoms with E-state index in [1.165, 1.54) is 0 Å². The van der Waals surface area contributed by atoms with Gasteiger partial charge in [-0.1, -0.05) is 96.4 Å². The van der Waals surface area contributed by atoms with Crippen molar-refractivity contribution < 1.29 is 9.59 Å². The van der Waals surface area contributed by atoms with Gasteiger partial charge in [0.1, 0.15) is 6.04 Å². The molecule has 0 unspecified atom stereocenters. The molecule has 3 aromatic carbocycles. The SMILES string of the molecule is CCCNC(=O)[C@@H](Cc1ccccc1)N(Cc1ccc(Cl)cc1Cl)C(=O)Cc1ccc(C)cc1.